The second kappa shape index (κ2) is 10.0. The Balaban J connectivity index is 1.42. The average molecular weight is 437 g/mol. The number of nitrogens with zero attached hydrogens (tertiary/aromatic N) is 3. The van der Waals surface area contributed by atoms with Crippen molar-refractivity contribution in [3.63, 3.8) is 0 Å². The van der Waals surface area contributed by atoms with Crippen LogP contribution in [0.5, 0.6) is 5.75 Å². The van der Waals surface area contributed by atoms with E-state index in [1.807, 2.05) is 23.6 Å². The Kier molecular flexibility index (Phi) is 6.94. The van der Waals surface area contributed by atoms with Gasteiger partial charge < -0.3 is 10.1 Å². The zero-order valence-electron chi connectivity index (χ0n) is 18.0. The number of aryl methyl sites for hydroxylation is 1. The van der Waals surface area contributed by atoms with Crippen molar-refractivity contribution in [2.24, 2.45) is 5.92 Å². The molecule has 0 spiro atoms. The molecule has 1 amide bonds. The first-order valence-electron chi connectivity index (χ1n) is 10.6. The molecule has 1 saturated heterocycles. The van der Waals surface area contributed by atoms with Crippen LogP contribution >= 0.6 is 11.3 Å². The van der Waals surface area contributed by atoms with Crippen molar-refractivity contribution in [3.05, 3.63) is 76.0 Å². The number of carbonyl (C=O) groups excluding carboxylic acids is 1. The van der Waals surface area contributed by atoms with Crippen LogP contribution < -0.4 is 10.1 Å². The monoisotopic (exact) mass is 436 g/mol. The molecule has 162 valence electrons. The fourth-order valence-electron chi connectivity index (χ4n) is 4.20. The molecule has 1 fully saturated rings. The standard InChI is InChI=1S/C24H28N4O2S/c1-17-6-7-21(30-2)19(15-17)16-28-12-8-18(9-13-28)22(24-26-11-14-31-24)27-23(29)20-5-3-4-10-25-20/h3-7,10-11,14-15,18,22H,8-9,12-13,16H2,1-2H3,(H,27,29)/t22-/m0/s1. The molecule has 1 aromatic carbocycles. The van der Waals surface area contributed by atoms with Gasteiger partial charge in [-0.2, -0.15) is 0 Å². The summed E-state index contributed by atoms with van der Waals surface area (Å²) in [5.74, 6) is 1.14. The van der Waals surface area contributed by atoms with E-state index < -0.39 is 0 Å². The Morgan fingerprint density at radius 3 is 2.74 bits per heavy atom. The maximum Gasteiger partial charge on any atom is 0.270 e. The number of amides is 1. The third kappa shape index (κ3) is 5.29. The molecule has 4 rings (SSSR count). The largest absolute Gasteiger partial charge is 0.496 e. The SMILES string of the molecule is COc1ccc(C)cc1CN1CCC([C@H](NC(=O)c2ccccn2)c2nccs2)CC1. The third-order valence-corrected chi connectivity index (χ3v) is 6.69. The average Bonchev–Trinajstić information content (AvgIpc) is 3.33. The number of likely N-dealkylation sites (tertiary alicyclic amines) is 1. The molecule has 0 unspecified atom stereocenters. The molecule has 0 bridgehead atoms. The zero-order chi connectivity index (χ0) is 21.6. The lowest BCUT2D eigenvalue weighted by molar-refractivity contribution is 0.0885. The van der Waals surface area contributed by atoms with Crippen molar-refractivity contribution in [2.75, 3.05) is 20.2 Å². The summed E-state index contributed by atoms with van der Waals surface area (Å²) in [5.41, 5.74) is 2.90. The Morgan fingerprint density at radius 2 is 2.06 bits per heavy atom. The lowest BCUT2D eigenvalue weighted by Crippen LogP contribution is -2.40. The number of hydrogen-bond donors (Lipinski definition) is 1. The first kappa shape index (κ1) is 21.5. The fraction of sp³-hybridized carbons (Fsp3) is 0.375. The van der Waals surface area contributed by atoms with Crippen LogP contribution in [-0.2, 0) is 6.54 Å². The quantitative estimate of drug-likeness (QED) is 0.600. The number of benzene rings is 1. The zero-order valence-corrected chi connectivity index (χ0v) is 18.8. The highest BCUT2D eigenvalue weighted by atomic mass is 32.1. The van der Waals surface area contributed by atoms with E-state index in [0.717, 1.165) is 43.2 Å². The van der Waals surface area contributed by atoms with Gasteiger partial charge in [-0.05, 0) is 57.0 Å². The van der Waals surface area contributed by atoms with E-state index in [2.05, 4.69) is 39.2 Å². The minimum absolute atomic E-state index is 0.0924. The molecule has 3 heterocycles. The molecule has 6 nitrogen and oxygen atoms in total. The van der Waals surface area contributed by atoms with E-state index in [1.165, 1.54) is 11.1 Å². The molecule has 31 heavy (non-hydrogen) atoms. The van der Waals surface area contributed by atoms with Gasteiger partial charge in [0.05, 0.1) is 13.2 Å². The molecule has 2 aromatic heterocycles. The van der Waals surface area contributed by atoms with Crippen molar-refractivity contribution in [1.29, 1.82) is 0 Å². The smallest absolute Gasteiger partial charge is 0.270 e. The van der Waals surface area contributed by atoms with Crippen molar-refractivity contribution < 1.29 is 9.53 Å². The number of thiazole rings is 1. The van der Waals surface area contributed by atoms with Gasteiger partial charge in [-0.15, -0.1) is 11.3 Å². The molecule has 0 saturated carbocycles. The van der Waals surface area contributed by atoms with Gasteiger partial charge >= 0.3 is 0 Å². The van der Waals surface area contributed by atoms with Gasteiger partial charge in [-0.3, -0.25) is 14.7 Å². The Hall–Kier alpha value is -2.77. The second-order valence-electron chi connectivity index (χ2n) is 7.97. The third-order valence-electron chi connectivity index (χ3n) is 5.84. The van der Waals surface area contributed by atoms with E-state index in [-0.39, 0.29) is 11.9 Å². The number of methoxy groups -OCH3 is 1. The highest BCUT2D eigenvalue weighted by Gasteiger charge is 2.31. The number of pyridine rings is 1. The summed E-state index contributed by atoms with van der Waals surface area (Å²) in [5, 5.41) is 6.13. The fourth-order valence-corrected chi connectivity index (χ4v) is 4.98. The van der Waals surface area contributed by atoms with Gasteiger partial charge in [0.15, 0.2) is 0 Å². The minimum Gasteiger partial charge on any atom is -0.496 e. The Morgan fingerprint density at radius 1 is 1.23 bits per heavy atom. The Bertz CT molecular complexity index is 986. The summed E-state index contributed by atoms with van der Waals surface area (Å²) in [4.78, 5) is 23.9. The molecule has 1 N–H and O–H groups in total. The predicted octanol–water partition coefficient (Wildman–Crippen LogP) is 4.24. The first-order chi connectivity index (χ1) is 15.1. The lowest BCUT2D eigenvalue weighted by Gasteiger charge is -2.36. The van der Waals surface area contributed by atoms with Crippen LogP contribution in [0, 0.1) is 12.8 Å². The normalized spacial score (nSPS) is 16.1. The van der Waals surface area contributed by atoms with Crippen LogP contribution in [-0.4, -0.2) is 41.0 Å². The summed E-state index contributed by atoms with van der Waals surface area (Å²) in [6.45, 7) is 4.93. The van der Waals surface area contributed by atoms with Crippen LogP contribution in [0.25, 0.3) is 0 Å². The number of nitrogens with one attached hydrogen (secondary N) is 1. The van der Waals surface area contributed by atoms with E-state index in [1.54, 1.807) is 36.9 Å². The molecule has 0 aliphatic carbocycles. The van der Waals surface area contributed by atoms with E-state index in [4.69, 9.17) is 4.74 Å². The molecular formula is C24H28N4O2S. The topological polar surface area (TPSA) is 67.3 Å². The molecule has 1 atom stereocenters. The number of aromatic nitrogens is 2. The van der Waals surface area contributed by atoms with Crippen molar-refractivity contribution in [2.45, 2.75) is 32.4 Å². The number of ether oxygens (including phenoxy) is 1. The maximum absolute atomic E-state index is 12.8. The van der Waals surface area contributed by atoms with Crippen LogP contribution in [0.1, 0.15) is 45.5 Å². The summed E-state index contributed by atoms with van der Waals surface area (Å²) in [6.07, 6.45) is 5.45. The lowest BCUT2D eigenvalue weighted by atomic mass is 9.89. The van der Waals surface area contributed by atoms with Gasteiger partial charge in [0.25, 0.3) is 5.91 Å². The highest BCUT2D eigenvalue weighted by Crippen LogP contribution is 2.33. The van der Waals surface area contributed by atoms with Gasteiger partial charge in [-0.25, -0.2) is 4.98 Å². The first-order valence-corrected chi connectivity index (χ1v) is 11.5. The number of rotatable bonds is 7. The number of carbonyl (C=O) groups is 1. The van der Waals surface area contributed by atoms with Gasteiger partial charge in [0.2, 0.25) is 0 Å². The molecule has 3 aromatic rings. The second-order valence-corrected chi connectivity index (χ2v) is 8.89. The van der Waals surface area contributed by atoms with Crippen LogP contribution in [0.3, 0.4) is 0 Å². The van der Waals surface area contributed by atoms with E-state index in [9.17, 15) is 4.79 Å². The van der Waals surface area contributed by atoms with E-state index >= 15 is 0 Å². The summed E-state index contributed by atoms with van der Waals surface area (Å²) in [6, 6.07) is 11.6. The van der Waals surface area contributed by atoms with Gasteiger partial charge in [0.1, 0.15) is 16.5 Å². The molecule has 7 heteroatoms. The van der Waals surface area contributed by atoms with Crippen molar-refractivity contribution in [1.82, 2.24) is 20.2 Å². The molecule has 1 aliphatic heterocycles. The summed E-state index contributed by atoms with van der Waals surface area (Å²) in [7, 11) is 1.73. The van der Waals surface area contributed by atoms with Crippen LogP contribution in [0.4, 0.5) is 0 Å². The van der Waals surface area contributed by atoms with Crippen molar-refractivity contribution in [3.8, 4) is 5.75 Å². The minimum atomic E-state index is -0.146. The van der Waals surface area contributed by atoms with Crippen LogP contribution in [0.15, 0.2) is 54.2 Å². The molecular weight excluding hydrogens is 408 g/mol. The van der Waals surface area contributed by atoms with Crippen molar-refractivity contribution >= 4 is 17.2 Å². The molecule has 1 aliphatic rings. The van der Waals surface area contributed by atoms with Crippen LogP contribution in [0.2, 0.25) is 0 Å². The van der Waals surface area contributed by atoms with Gasteiger partial charge in [-0.1, -0.05) is 23.8 Å². The number of piperidine rings is 1. The predicted molar refractivity (Wildman–Crippen MR) is 122 cm³/mol. The summed E-state index contributed by atoms with van der Waals surface area (Å²) >= 11 is 1.60. The van der Waals surface area contributed by atoms with Gasteiger partial charge in [0, 0.05) is 29.9 Å². The Labute approximate surface area is 187 Å². The molecule has 0 radical (unpaired) electrons. The maximum atomic E-state index is 12.8. The van der Waals surface area contributed by atoms with E-state index in [0.29, 0.717) is 11.6 Å². The summed E-state index contributed by atoms with van der Waals surface area (Å²) < 4.78 is 5.55. The highest BCUT2D eigenvalue weighted by molar-refractivity contribution is 7.09. The number of hydrogen-bond acceptors (Lipinski definition) is 6.